The maximum absolute atomic E-state index is 12.9. The van der Waals surface area contributed by atoms with Gasteiger partial charge in [0.05, 0.1) is 18.7 Å². The molecule has 0 aromatic heterocycles. The summed E-state index contributed by atoms with van der Waals surface area (Å²) in [6.45, 7) is 1.21. The Balaban J connectivity index is 2.06. The molecule has 1 amide bonds. The number of benzene rings is 2. The number of carbonyl (C=O) groups excluding carboxylic acids is 2. The number of carbonyl (C=O) groups is 2. The first-order valence-electron chi connectivity index (χ1n) is 9.66. The Kier molecular flexibility index (Phi) is 6.95. The lowest BCUT2D eigenvalue weighted by atomic mass is 9.95. The zero-order valence-corrected chi connectivity index (χ0v) is 18.8. The molecule has 0 bridgehead atoms. The fraction of sp³-hybridized carbons (Fsp3) is 0.304. The lowest BCUT2D eigenvalue weighted by Gasteiger charge is -2.26. The minimum Gasteiger partial charge on any atom is -0.507 e. The zero-order valence-electron chi connectivity index (χ0n) is 17.3. The van der Waals surface area contributed by atoms with Gasteiger partial charge in [-0.25, -0.2) is 0 Å². The molecule has 0 saturated carbocycles. The van der Waals surface area contributed by atoms with Crippen LogP contribution in [0.4, 0.5) is 0 Å². The molecule has 2 aromatic rings. The predicted octanol–water partition coefficient (Wildman–Crippen LogP) is 3.83. The number of Topliss-reactive ketones (excluding diaryl/α,β-unsaturated/α-hetero) is 1. The molecule has 158 valence electrons. The first-order valence-corrected chi connectivity index (χ1v) is 10.5. The standard InChI is InChI=1S/C23H25BrN2O4/c1-25(2)13-4-14-26-20(15-5-9-17(24)10-6-15)19(22(28)23(26)29)21(27)16-7-11-18(30-3)12-8-16/h5-12,20,27H,4,13-14H2,1-3H3/t20-/m1/s1. The van der Waals surface area contributed by atoms with Crippen molar-refractivity contribution in [3.63, 3.8) is 0 Å². The molecule has 0 unspecified atom stereocenters. The molecule has 1 N–H and O–H groups in total. The number of nitrogens with zero attached hydrogens (tertiary/aromatic N) is 2. The Labute approximate surface area is 184 Å². The molecule has 30 heavy (non-hydrogen) atoms. The van der Waals surface area contributed by atoms with E-state index in [9.17, 15) is 14.7 Å². The van der Waals surface area contributed by atoms with Gasteiger partial charge in [0.25, 0.3) is 11.7 Å². The molecule has 1 heterocycles. The fourth-order valence-electron chi connectivity index (χ4n) is 3.56. The van der Waals surface area contributed by atoms with Crippen molar-refractivity contribution in [3.8, 4) is 5.75 Å². The monoisotopic (exact) mass is 472 g/mol. The van der Waals surface area contributed by atoms with E-state index in [1.165, 1.54) is 0 Å². The Morgan fingerprint density at radius 1 is 1.10 bits per heavy atom. The third kappa shape index (κ3) is 4.57. The van der Waals surface area contributed by atoms with Gasteiger partial charge >= 0.3 is 0 Å². The summed E-state index contributed by atoms with van der Waals surface area (Å²) in [5.41, 5.74) is 1.35. The maximum atomic E-state index is 12.9. The number of aliphatic hydroxyl groups is 1. The van der Waals surface area contributed by atoms with Gasteiger partial charge in [-0.15, -0.1) is 0 Å². The summed E-state index contributed by atoms with van der Waals surface area (Å²) < 4.78 is 6.05. The molecule has 7 heteroatoms. The second-order valence-electron chi connectivity index (χ2n) is 7.43. The van der Waals surface area contributed by atoms with Crippen molar-refractivity contribution < 1.29 is 19.4 Å². The van der Waals surface area contributed by atoms with E-state index in [2.05, 4.69) is 15.9 Å². The van der Waals surface area contributed by atoms with Crippen LogP contribution in [0.2, 0.25) is 0 Å². The molecular formula is C23H25BrN2O4. The highest BCUT2D eigenvalue weighted by molar-refractivity contribution is 9.10. The largest absolute Gasteiger partial charge is 0.507 e. The molecule has 1 aliphatic rings. The van der Waals surface area contributed by atoms with Gasteiger partial charge in [-0.2, -0.15) is 0 Å². The third-order valence-corrected chi connectivity index (χ3v) is 5.62. The zero-order chi connectivity index (χ0) is 21.8. The number of rotatable bonds is 7. The highest BCUT2D eigenvalue weighted by atomic mass is 79.9. The molecule has 0 spiro atoms. The van der Waals surface area contributed by atoms with E-state index < -0.39 is 17.7 Å². The summed E-state index contributed by atoms with van der Waals surface area (Å²) >= 11 is 3.42. The number of amides is 1. The molecule has 1 fully saturated rings. The molecule has 1 saturated heterocycles. The summed E-state index contributed by atoms with van der Waals surface area (Å²) in [4.78, 5) is 29.4. The van der Waals surface area contributed by atoms with E-state index in [1.807, 2.05) is 43.3 Å². The van der Waals surface area contributed by atoms with Gasteiger partial charge in [0.1, 0.15) is 11.5 Å². The van der Waals surface area contributed by atoms with Crippen molar-refractivity contribution in [1.82, 2.24) is 9.80 Å². The minimum absolute atomic E-state index is 0.109. The summed E-state index contributed by atoms with van der Waals surface area (Å²) in [5.74, 6) is -0.794. The number of ether oxygens (including phenoxy) is 1. The van der Waals surface area contributed by atoms with Crippen molar-refractivity contribution in [2.75, 3.05) is 34.3 Å². The van der Waals surface area contributed by atoms with Crippen LogP contribution in [0.25, 0.3) is 5.76 Å². The van der Waals surface area contributed by atoms with Crippen LogP contribution >= 0.6 is 15.9 Å². The molecule has 3 rings (SSSR count). The third-order valence-electron chi connectivity index (χ3n) is 5.09. The Morgan fingerprint density at radius 2 is 1.73 bits per heavy atom. The number of hydrogen-bond donors (Lipinski definition) is 1. The predicted molar refractivity (Wildman–Crippen MR) is 119 cm³/mol. The van der Waals surface area contributed by atoms with Crippen LogP contribution < -0.4 is 4.74 Å². The van der Waals surface area contributed by atoms with E-state index >= 15 is 0 Å². The first-order chi connectivity index (χ1) is 14.3. The maximum Gasteiger partial charge on any atom is 0.295 e. The van der Waals surface area contributed by atoms with E-state index in [0.29, 0.717) is 17.9 Å². The number of aliphatic hydroxyl groups excluding tert-OH is 1. The SMILES string of the molecule is COc1ccc(C(O)=C2C(=O)C(=O)N(CCCN(C)C)[C@@H]2c2ccc(Br)cc2)cc1. The van der Waals surface area contributed by atoms with Crippen molar-refractivity contribution >= 4 is 33.4 Å². The molecule has 0 aliphatic carbocycles. The smallest absolute Gasteiger partial charge is 0.295 e. The van der Waals surface area contributed by atoms with Crippen molar-refractivity contribution in [1.29, 1.82) is 0 Å². The van der Waals surface area contributed by atoms with Gasteiger partial charge in [0.15, 0.2) is 0 Å². The van der Waals surface area contributed by atoms with Gasteiger partial charge in [0.2, 0.25) is 0 Å². The average molecular weight is 473 g/mol. The van der Waals surface area contributed by atoms with Crippen LogP contribution in [-0.2, 0) is 9.59 Å². The fourth-order valence-corrected chi connectivity index (χ4v) is 3.83. The second-order valence-corrected chi connectivity index (χ2v) is 8.35. The van der Waals surface area contributed by atoms with Gasteiger partial charge in [-0.1, -0.05) is 28.1 Å². The van der Waals surface area contributed by atoms with Gasteiger partial charge < -0.3 is 19.6 Å². The van der Waals surface area contributed by atoms with Crippen LogP contribution in [0.3, 0.4) is 0 Å². The minimum atomic E-state index is -0.666. The highest BCUT2D eigenvalue weighted by Gasteiger charge is 2.45. The van der Waals surface area contributed by atoms with Crippen LogP contribution in [-0.4, -0.2) is 60.9 Å². The number of halogens is 1. The number of ketones is 1. The number of hydrogen-bond acceptors (Lipinski definition) is 5. The highest BCUT2D eigenvalue weighted by Crippen LogP contribution is 2.39. The molecule has 0 radical (unpaired) electrons. The Bertz CT molecular complexity index is 952. The normalized spacial score (nSPS) is 18.3. The molecular weight excluding hydrogens is 448 g/mol. The second kappa shape index (κ2) is 9.45. The lowest BCUT2D eigenvalue weighted by Crippen LogP contribution is -2.32. The van der Waals surface area contributed by atoms with Gasteiger partial charge in [-0.3, -0.25) is 9.59 Å². The summed E-state index contributed by atoms with van der Waals surface area (Å²) in [5, 5.41) is 11.0. The van der Waals surface area contributed by atoms with Gasteiger partial charge in [-0.05, 0) is 69.0 Å². The lowest BCUT2D eigenvalue weighted by molar-refractivity contribution is -0.139. The van der Waals surface area contributed by atoms with Gasteiger partial charge in [0, 0.05) is 16.6 Å². The first kappa shape index (κ1) is 22.1. The molecule has 1 aliphatic heterocycles. The van der Waals surface area contributed by atoms with Crippen LogP contribution in [0.15, 0.2) is 58.6 Å². The molecule has 6 nitrogen and oxygen atoms in total. The van der Waals surface area contributed by atoms with Crippen LogP contribution in [0.1, 0.15) is 23.6 Å². The Morgan fingerprint density at radius 3 is 2.30 bits per heavy atom. The van der Waals surface area contributed by atoms with Crippen LogP contribution in [0.5, 0.6) is 5.75 Å². The molecule has 2 aromatic carbocycles. The summed E-state index contributed by atoms with van der Waals surface area (Å²) in [7, 11) is 5.48. The summed E-state index contributed by atoms with van der Waals surface area (Å²) in [6, 6.07) is 13.6. The number of methoxy groups -OCH3 is 1. The van der Waals surface area contributed by atoms with E-state index in [0.717, 1.165) is 23.0 Å². The topological polar surface area (TPSA) is 70.1 Å². The Hall–Kier alpha value is -2.64. The summed E-state index contributed by atoms with van der Waals surface area (Å²) in [6.07, 6.45) is 0.718. The van der Waals surface area contributed by atoms with Crippen molar-refractivity contribution in [2.24, 2.45) is 0 Å². The van der Waals surface area contributed by atoms with E-state index in [4.69, 9.17) is 4.74 Å². The van der Waals surface area contributed by atoms with Crippen LogP contribution in [0, 0.1) is 0 Å². The average Bonchev–Trinajstić information content (AvgIpc) is 2.98. The van der Waals surface area contributed by atoms with E-state index in [1.54, 1.807) is 36.3 Å². The van der Waals surface area contributed by atoms with Crippen molar-refractivity contribution in [3.05, 3.63) is 69.7 Å². The number of likely N-dealkylation sites (tertiary alicyclic amines) is 1. The van der Waals surface area contributed by atoms with E-state index in [-0.39, 0.29) is 11.3 Å². The van der Waals surface area contributed by atoms with Crippen molar-refractivity contribution in [2.45, 2.75) is 12.5 Å². The quantitative estimate of drug-likeness (QED) is 0.376. The molecule has 1 atom stereocenters.